The third-order valence-electron chi connectivity index (χ3n) is 5.84. The first-order valence-electron chi connectivity index (χ1n) is 11.6. The normalized spacial score (nSPS) is 13.0. The minimum absolute atomic E-state index is 0.0154. The van der Waals surface area contributed by atoms with Gasteiger partial charge in [-0.05, 0) is 32.9 Å². The first kappa shape index (κ1) is 28.4. The van der Waals surface area contributed by atoms with Gasteiger partial charge in [-0.2, -0.15) is 8.78 Å². The molecule has 0 amide bonds. The van der Waals surface area contributed by atoms with Crippen molar-refractivity contribution < 1.29 is 37.2 Å². The molecule has 3 rings (SSSR count). The van der Waals surface area contributed by atoms with Gasteiger partial charge in [0.2, 0.25) is 0 Å². The molecule has 0 spiro atoms. The Morgan fingerprint density at radius 1 is 1.05 bits per heavy atom. The molecule has 0 aliphatic rings. The number of rotatable bonds is 12. The molecule has 0 aliphatic carbocycles. The number of benzene rings is 2. The molecule has 37 heavy (non-hydrogen) atoms. The Labute approximate surface area is 213 Å². The van der Waals surface area contributed by atoms with Gasteiger partial charge in [0.15, 0.2) is 11.5 Å². The van der Waals surface area contributed by atoms with Crippen LogP contribution in [0.15, 0.2) is 30.3 Å². The Morgan fingerprint density at radius 3 is 2.41 bits per heavy atom. The molecule has 2 aromatic carbocycles. The maximum atomic E-state index is 15.1. The second-order valence-electron chi connectivity index (χ2n) is 9.03. The van der Waals surface area contributed by atoms with Crippen molar-refractivity contribution in [3.63, 3.8) is 0 Å². The second-order valence-corrected chi connectivity index (χ2v) is 9.03. The molecule has 1 atom stereocenters. The zero-order valence-corrected chi connectivity index (χ0v) is 21.7. The van der Waals surface area contributed by atoms with Gasteiger partial charge in [0.1, 0.15) is 35.8 Å². The summed E-state index contributed by atoms with van der Waals surface area (Å²) in [4.78, 5) is 8.86. The van der Waals surface area contributed by atoms with E-state index in [2.05, 4.69) is 15.3 Å². The number of aliphatic hydroxyl groups is 1. The highest BCUT2D eigenvalue weighted by molar-refractivity contribution is 5.91. The Hall–Kier alpha value is -3.15. The van der Waals surface area contributed by atoms with Crippen molar-refractivity contribution in [1.82, 2.24) is 9.97 Å². The van der Waals surface area contributed by atoms with E-state index in [4.69, 9.17) is 18.9 Å². The van der Waals surface area contributed by atoms with Crippen LogP contribution >= 0.6 is 0 Å². The Bertz CT molecular complexity index is 1230. The fourth-order valence-electron chi connectivity index (χ4n) is 3.68. The van der Waals surface area contributed by atoms with Crippen LogP contribution < -0.4 is 14.8 Å². The zero-order chi connectivity index (χ0) is 27.4. The van der Waals surface area contributed by atoms with Gasteiger partial charge in [0.05, 0.1) is 24.8 Å². The van der Waals surface area contributed by atoms with Crippen molar-refractivity contribution >= 4 is 16.7 Å². The molecule has 3 aromatic rings. The molecule has 0 radical (unpaired) electrons. The van der Waals surface area contributed by atoms with Crippen molar-refractivity contribution in [3.05, 3.63) is 53.1 Å². The number of ether oxygens (including phenoxy) is 4. The Morgan fingerprint density at radius 2 is 1.78 bits per heavy atom. The number of alkyl halides is 2. The lowest BCUT2D eigenvalue weighted by Crippen LogP contribution is -2.41. The van der Waals surface area contributed by atoms with Crippen molar-refractivity contribution in [1.29, 1.82) is 0 Å². The molecule has 0 aliphatic heterocycles. The predicted octanol–water partition coefficient (Wildman–Crippen LogP) is 4.60. The molecule has 1 unspecified atom stereocenters. The van der Waals surface area contributed by atoms with Gasteiger partial charge < -0.3 is 29.4 Å². The smallest absolute Gasteiger partial charge is 0.303 e. The molecular formula is C26H32F3N3O5. The van der Waals surface area contributed by atoms with Crippen LogP contribution in [-0.4, -0.2) is 61.3 Å². The van der Waals surface area contributed by atoms with Gasteiger partial charge in [-0.15, -0.1) is 0 Å². The van der Waals surface area contributed by atoms with Crippen LogP contribution in [0, 0.1) is 12.7 Å². The number of methoxy groups -OCH3 is 3. The maximum Gasteiger partial charge on any atom is 0.303 e. The summed E-state index contributed by atoms with van der Waals surface area (Å²) >= 11 is 0. The van der Waals surface area contributed by atoms with E-state index in [-0.39, 0.29) is 24.8 Å². The molecular weight excluding hydrogens is 491 g/mol. The van der Waals surface area contributed by atoms with Crippen LogP contribution in [0.5, 0.6) is 11.5 Å². The van der Waals surface area contributed by atoms with Crippen LogP contribution in [0.25, 0.3) is 10.9 Å². The highest BCUT2D eigenvalue weighted by atomic mass is 19.3. The number of hydrogen-bond acceptors (Lipinski definition) is 8. The lowest BCUT2D eigenvalue weighted by molar-refractivity contribution is -0.170. The average Bonchev–Trinajstić information content (AvgIpc) is 2.84. The van der Waals surface area contributed by atoms with Gasteiger partial charge in [-0.1, -0.05) is 12.1 Å². The highest BCUT2D eigenvalue weighted by Gasteiger charge is 2.49. The summed E-state index contributed by atoms with van der Waals surface area (Å²) in [5.74, 6) is -3.26. The molecule has 0 saturated carbocycles. The lowest BCUT2D eigenvalue weighted by atomic mass is 9.92. The highest BCUT2D eigenvalue weighted by Crippen LogP contribution is 2.40. The van der Waals surface area contributed by atoms with Crippen molar-refractivity contribution in [2.45, 2.75) is 44.9 Å². The maximum absolute atomic E-state index is 15.1. The van der Waals surface area contributed by atoms with Crippen molar-refractivity contribution in [3.8, 4) is 11.5 Å². The summed E-state index contributed by atoms with van der Waals surface area (Å²) in [7, 11) is 4.61. The quantitative estimate of drug-likeness (QED) is 0.356. The zero-order valence-electron chi connectivity index (χ0n) is 21.7. The number of hydrogen-bond donors (Lipinski definition) is 2. The van der Waals surface area contributed by atoms with Crippen LogP contribution in [0.4, 0.5) is 19.0 Å². The summed E-state index contributed by atoms with van der Waals surface area (Å²) in [6.45, 7) is 3.94. The average molecular weight is 524 g/mol. The molecule has 0 bridgehead atoms. The molecule has 0 saturated heterocycles. The minimum atomic E-state index is -3.79. The van der Waals surface area contributed by atoms with E-state index in [1.807, 2.05) is 0 Å². The fraction of sp³-hybridized carbons (Fsp3) is 0.462. The minimum Gasteiger partial charge on any atom is -0.493 e. The van der Waals surface area contributed by atoms with Crippen LogP contribution in [0.1, 0.15) is 30.8 Å². The number of aromatic nitrogens is 2. The summed E-state index contributed by atoms with van der Waals surface area (Å²) < 4.78 is 66.3. The van der Waals surface area contributed by atoms with E-state index in [1.54, 1.807) is 33.3 Å². The van der Waals surface area contributed by atoms with E-state index in [0.29, 0.717) is 40.7 Å². The van der Waals surface area contributed by atoms with Gasteiger partial charge in [0, 0.05) is 37.8 Å². The summed E-state index contributed by atoms with van der Waals surface area (Å²) in [6.07, 6.45) is -0.311. The third-order valence-corrected chi connectivity index (χ3v) is 5.84. The van der Waals surface area contributed by atoms with Crippen LogP contribution in [-0.2, 0) is 21.9 Å². The standard InChI is InChI=1S/C26H32F3N3O5/c1-15-31-20-11-21(36-6)22(37-14-17(35-5)13-34-4)10-18(20)24(32-15)30-12-16-8-7-9-19(23(16)27)26(28,29)25(2,3)33/h7-11,17,33H,12-14H2,1-6H3,(H,30,31,32). The van der Waals surface area contributed by atoms with E-state index >= 15 is 4.39 Å². The molecule has 0 fully saturated rings. The molecule has 1 aromatic heterocycles. The first-order chi connectivity index (χ1) is 17.4. The van der Waals surface area contributed by atoms with Crippen molar-refractivity contribution in [2.24, 2.45) is 0 Å². The molecule has 8 nitrogen and oxygen atoms in total. The first-order valence-corrected chi connectivity index (χ1v) is 11.6. The summed E-state index contributed by atoms with van der Waals surface area (Å²) in [6, 6.07) is 7.05. The summed E-state index contributed by atoms with van der Waals surface area (Å²) in [5, 5.41) is 13.5. The second kappa shape index (κ2) is 11.5. The third kappa shape index (κ3) is 6.23. The Balaban J connectivity index is 1.95. The number of nitrogens with one attached hydrogen (secondary N) is 1. The van der Waals surface area contributed by atoms with E-state index in [1.165, 1.54) is 19.2 Å². The molecule has 202 valence electrons. The molecule has 1 heterocycles. The number of fused-ring (bicyclic) bond motifs is 1. The topological polar surface area (TPSA) is 95.0 Å². The largest absolute Gasteiger partial charge is 0.493 e. The van der Waals surface area contributed by atoms with Gasteiger partial charge in [0.25, 0.3) is 0 Å². The van der Waals surface area contributed by atoms with Gasteiger partial charge >= 0.3 is 5.92 Å². The monoisotopic (exact) mass is 523 g/mol. The number of anilines is 1. The molecule has 11 heteroatoms. The van der Waals surface area contributed by atoms with Crippen molar-refractivity contribution in [2.75, 3.05) is 39.9 Å². The lowest BCUT2D eigenvalue weighted by Gasteiger charge is -2.30. The molecule has 2 N–H and O–H groups in total. The SMILES string of the molecule is COCC(COc1cc2c(NCc3cccc(C(F)(F)C(C)(C)O)c3F)nc(C)nc2cc1OC)OC. The van der Waals surface area contributed by atoms with Crippen LogP contribution in [0.2, 0.25) is 0 Å². The predicted molar refractivity (Wildman–Crippen MR) is 133 cm³/mol. The number of nitrogens with zero attached hydrogens (tertiary/aromatic N) is 2. The van der Waals surface area contributed by atoms with Gasteiger partial charge in [-0.3, -0.25) is 0 Å². The fourth-order valence-corrected chi connectivity index (χ4v) is 3.68. The number of halogens is 3. The van der Waals surface area contributed by atoms with E-state index < -0.39 is 22.9 Å². The van der Waals surface area contributed by atoms with E-state index in [0.717, 1.165) is 19.9 Å². The number of aryl methyl sites for hydroxylation is 1. The van der Waals surface area contributed by atoms with Gasteiger partial charge in [-0.25, -0.2) is 14.4 Å². The Kier molecular flexibility index (Phi) is 8.83. The van der Waals surface area contributed by atoms with E-state index in [9.17, 15) is 13.9 Å². The van der Waals surface area contributed by atoms with Crippen LogP contribution in [0.3, 0.4) is 0 Å². The summed E-state index contributed by atoms with van der Waals surface area (Å²) in [5.41, 5.74) is -2.80.